The van der Waals surface area contributed by atoms with Crippen molar-refractivity contribution in [3.05, 3.63) is 41.3 Å². The van der Waals surface area contributed by atoms with Crippen LogP contribution in [0.4, 0.5) is 5.13 Å². The highest BCUT2D eigenvalue weighted by Crippen LogP contribution is 2.26. The first-order valence-corrected chi connectivity index (χ1v) is 8.59. The van der Waals surface area contributed by atoms with Crippen molar-refractivity contribution in [1.29, 1.82) is 0 Å². The summed E-state index contributed by atoms with van der Waals surface area (Å²) in [7, 11) is 4.82. The van der Waals surface area contributed by atoms with Crippen molar-refractivity contribution in [2.75, 3.05) is 19.5 Å². The van der Waals surface area contributed by atoms with Gasteiger partial charge in [-0.2, -0.15) is 5.10 Å². The molecular formula is C16H18N6O3S. The van der Waals surface area contributed by atoms with Crippen LogP contribution in [0.3, 0.4) is 0 Å². The Morgan fingerprint density at radius 2 is 2.23 bits per heavy atom. The number of amides is 1. The zero-order chi connectivity index (χ0) is 18.7. The molecule has 3 aromatic rings. The van der Waals surface area contributed by atoms with Crippen LogP contribution in [0.1, 0.15) is 22.1 Å². The lowest BCUT2D eigenvalue weighted by Gasteiger charge is -2.12. The van der Waals surface area contributed by atoms with E-state index < -0.39 is 12.0 Å². The topological polar surface area (TPSA) is 114 Å². The Morgan fingerprint density at radius 3 is 2.88 bits per heavy atom. The van der Waals surface area contributed by atoms with Gasteiger partial charge >= 0.3 is 5.97 Å². The zero-order valence-corrected chi connectivity index (χ0v) is 15.3. The number of likely N-dealkylation sites (N-methyl/N-ethyl adjacent to an activating group) is 1. The second-order valence-electron chi connectivity index (χ2n) is 5.49. The first-order valence-electron chi connectivity index (χ1n) is 7.71. The molecule has 0 aliphatic carbocycles. The van der Waals surface area contributed by atoms with Crippen LogP contribution >= 0.6 is 11.3 Å². The Morgan fingerprint density at radius 1 is 1.42 bits per heavy atom. The van der Waals surface area contributed by atoms with Gasteiger partial charge < -0.3 is 20.4 Å². The number of rotatable bonds is 6. The summed E-state index contributed by atoms with van der Waals surface area (Å²) < 4.78 is 6.31. The number of methoxy groups -OCH3 is 1. The number of aromatic amines is 1. The molecule has 0 aliphatic heterocycles. The number of esters is 1. The number of ether oxygens (including phenoxy) is 1. The van der Waals surface area contributed by atoms with E-state index in [1.54, 1.807) is 48.8 Å². The van der Waals surface area contributed by atoms with Crippen LogP contribution in [0.15, 0.2) is 30.0 Å². The Balaban J connectivity index is 1.72. The highest BCUT2D eigenvalue weighted by molar-refractivity contribution is 7.14. The molecule has 0 radical (unpaired) electrons. The van der Waals surface area contributed by atoms with Crippen molar-refractivity contribution in [1.82, 2.24) is 25.1 Å². The van der Waals surface area contributed by atoms with Crippen LogP contribution in [0.5, 0.6) is 0 Å². The first kappa shape index (κ1) is 17.8. The van der Waals surface area contributed by atoms with Gasteiger partial charge in [-0.1, -0.05) is 0 Å². The summed E-state index contributed by atoms with van der Waals surface area (Å²) in [6.45, 7) is 0. The van der Waals surface area contributed by atoms with Crippen molar-refractivity contribution >= 4 is 28.3 Å². The SMILES string of the molecule is CNC(C(=O)Nc1nc(-c2c[nH]c(C(=O)OC)c2)cs1)c1cnn(C)c1. The molecule has 9 nitrogen and oxygen atoms in total. The Hall–Kier alpha value is -2.98. The predicted molar refractivity (Wildman–Crippen MR) is 96.9 cm³/mol. The molecule has 0 bridgehead atoms. The Labute approximate surface area is 153 Å². The van der Waals surface area contributed by atoms with Gasteiger partial charge in [0.25, 0.3) is 0 Å². The largest absolute Gasteiger partial charge is 0.464 e. The predicted octanol–water partition coefficient (Wildman–Crippen LogP) is 1.56. The summed E-state index contributed by atoms with van der Waals surface area (Å²) in [6, 6.07) is 1.12. The molecule has 136 valence electrons. The smallest absolute Gasteiger partial charge is 0.354 e. The number of hydrogen-bond donors (Lipinski definition) is 3. The average molecular weight is 374 g/mol. The molecule has 3 heterocycles. The molecule has 10 heteroatoms. The normalized spacial score (nSPS) is 12.0. The molecule has 0 spiro atoms. The Bertz CT molecular complexity index is 928. The van der Waals surface area contributed by atoms with Crippen molar-refractivity contribution < 1.29 is 14.3 Å². The molecule has 3 aromatic heterocycles. The fourth-order valence-corrected chi connectivity index (χ4v) is 3.17. The highest BCUT2D eigenvalue weighted by Gasteiger charge is 2.21. The van der Waals surface area contributed by atoms with E-state index in [0.29, 0.717) is 16.5 Å². The highest BCUT2D eigenvalue weighted by atomic mass is 32.1. The minimum atomic E-state index is -0.533. The lowest BCUT2D eigenvalue weighted by atomic mass is 10.1. The number of thiazole rings is 1. The van der Waals surface area contributed by atoms with Crippen molar-refractivity contribution in [2.45, 2.75) is 6.04 Å². The minimum Gasteiger partial charge on any atom is -0.464 e. The fraction of sp³-hybridized carbons (Fsp3) is 0.250. The third-order valence-electron chi connectivity index (χ3n) is 3.73. The molecule has 26 heavy (non-hydrogen) atoms. The number of aryl methyl sites for hydroxylation is 1. The lowest BCUT2D eigenvalue weighted by molar-refractivity contribution is -0.118. The van der Waals surface area contributed by atoms with Crippen molar-refractivity contribution in [3.63, 3.8) is 0 Å². The number of carbonyl (C=O) groups excluding carboxylic acids is 2. The summed E-state index contributed by atoms with van der Waals surface area (Å²) >= 11 is 1.30. The maximum atomic E-state index is 12.5. The van der Waals surface area contributed by atoms with E-state index in [1.165, 1.54) is 18.4 Å². The van der Waals surface area contributed by atoms with Crippen LogP contribution in [0, 0.1) is 0 Å². The summed E-state index contributed by atoms with van der Waals surface area (Å²) in [5.74, 6) is -0.681. The summed E-state index contributed by atoms with van der Waals surface area (Å²) in [5.41, 5.74) is 2.49. The van der Waals surface area contributed by atoms with Crippen LogP contribution in [0.2, 0.25) is 0 Å². The molecular weight excluding hydrogens is 356 g/mol. The van der Waals surface area contributed by atoms with E-state index in [1.807, 2.05) is 0 Å². The average Bonchev–Trinajstić information content (AvgIpc) is 3.35. The van der Waals surface area contributed by atoms with Gasteiger partial charge in [0.1, 0.15) is 11.7 Å². The summed E-state index contributed by atoms with van der Waals surface area (Å²) in [4.78, 5) is 31.3. The fourth-order valence-electron chi connectivity index (χ4n) is 2.45. The molecule has 0 aromatic carbocycles. The number of anilines is 1. The van der Waals surface area contributed by atoms with Gasteiger partial charge in [0, 0.05) is 35.9 Å². The molecule has 3 rings (SSSR count). The van der Waals surface area contributed by atoms with Crippen LogP contribution in [-0.2, 0) is 16.6 Å². The molecule has 0 fully saturated rings. The third kappa shape index (κ3) is 3.65. The quantitative estimate of drug-likeness (QED) is 0.564. The van der Waals surface area contributed by atoms with Crippen molar-refractivity contribution in [3.8, 4) is 11.3 Å². The van der Waals surface area contributed by atoms with Gasteiger partial charge in [-0.15, -0.1) is 11.3 Å². The van der Waals surface area contributed by atoms with E-state index in [9.17, 15) is 9.59 Å². The number of aromatic nitrogens is 4. The molecule has 0 saturated heterocycles. The van der Waals surface area contributed by atoms with Gasteiger partial charge in [0.2, 0.25) is 5.91 Å². The van der Waals surface area contributed by atoms with Gasteiger partial charge in [-0.05, 0) is 13.1 Å². The number of hydrogen-bond acceptors (Lipinski definition) is 7. The summed E-state index contributed by atoms with van der Waals surface area (Å²) in [5, 5.41) is 12.1. The Kier molecular flexibility index (Phi) is 5.14. The summed E-state index contributed by atoms with van der Waals surface area (Å²) in [6.07, 6.45) is 5.09. The standard InChI is InChI=1S/C16H18N6O3S/c1-17-13(10-6-19-22(2)7-10)14(23)21-16-20-12(8-26-16)9-4-11(18-5-9)15(24)25-3/h4-8,13,17-18H,1-3H3,(H,20,21,23). The van der Waals surface area contributed by atoms with Crippen LogP contribution < -0.4 is 10.6 Å². The third-order valence-corrected chi connectivity index (χ3v) is 4.49. The van der Waals surface area contributed by atoms with E-state index in [2.05, 4.69) is 30.4 Å². The number of nitrogens with one attached hydrogen (secondary N) is 3. The van der Waals surface area contributed by atoms with Gasteiger partial charge in [-0.25, -0.2) is 9.78 Å². The number of carbonyl (C=O) groups is 2. The van der Waals surface area contributed by atoms with Crippen LogP contribution in [0.25, 0.3) is 11.3 Å². The molecule has 0 saturated carbocycles. The van der Waals surface area contributed by atoms with Crippen LogP contribution in [-0.4, -0.2) is 45.8 Å². The molecule has 1 amide bonds. The lowest BCUT2D eigenvalue weighted by Crippen LogP contribution is -2.30. The van der Waals surface area contributed by atoms with Gasteiger partial charge in [-0.3, -0.25) is 9.48 Å². The van der Waals surface area contributed by atoms with Crippen molar-refractivity contribution in [2.24, 2.45) is 7.05 Å². The molecule has 1 unspecified atom stereocenters. The monoisotopic (exact) mass is 374 g/mol. The second-order valence-corrected chi connectivity index (χ2v) is 6.35. The number of H-pyrrole nitrogens is 1. The molecule has 1 atom stereocenters. The molecule has 0 aliphatic rings. The van der Waals surface area contributed by atoms with Gasteiger partial charge in [0.05, 0.1) is 19.0 Å². The second kappa shape index (κ2) is 7.50. The zero-order valence-electron chi connectivity index (χ0n) is 14.4. The maximum absolute atomic E-state index is 12.5. The molecule has 3 N–H and O–H groups in total. The van der Waals surface area contributed by atoms with E-state index in [4.69, 9.17) is 0 Å². The van der Waals surface area contributed by atoms with E-state index in [-0.39, 0.29) is 5.91 Å². The number of nitrogens with zero attached hydrogens (tertiary/aromatic N) is 3. The minimum absolute atomic E-state index is 0.231. The maximum Gasteiger partial charge on any atom is 0.354 e. The van der Waals surface area contributed by atoms with E-state index >= 15 is 0 Å². The van der Waals surface area contributed by atoms with E-state index in [0.717, 1.165) is 11.1 Å². The first-order chi connectivity index (χ1) is 12.5. The van der Waals surface area contributed by atoms with Gasteiger partial charge in [0.15, 0.2) is 5.13 Å².